The van der Waals surface area contributed by atoms with Crippen LogP contribution in [0.1, 0.15) is 56.9 Å². The Morgan fingerprint density at radius 3 is 2.05 bits per heavy atom. The number of aryl methyl sites for hydroxylation is 1. The minimum absolute atomic E-state index is 0.217. The van der Waals surface area contributed by atoms with E-state index in [4.69, 9.17) is 5.73 Å². The van der Waals surface area contributed by atoms with E-state index in [1.54, 1.807) is 6.07 Å². The minimum Gasteiger partial charge on any atom is -0.398 e. The van der Waals surface area contributed by atoms with Gasteiger partial charge in [0.1, 0.15) is 5.82 Å². The first-order valence-electron chi connectivity index (χ1n) is 7.60. The number of alkyl halides is 3. The van der Waals surface area contributed by atoms with E-state index in [2.05, 4.69) is 0 Å². The molecule has 0 saturated carbocycles. The zero-order valence-corrected chi connectivity index (χ0v) is 14.6. The largest absolute Gasteiger partial charge is 0.398 e. The van der Waals surface area contributed by atoms with E-state index >= 15 is 0 Å². The molecule has 0 saturated heterocycles. The van der Waals surface area contributed by atoms with E-state index in [1.807, 2.05) is 22.6 Å². The molecular weight excluding hydrogens is 409 g/mol. The molecule has 126 valence electrons. The van der Waals surface area contributed by atoms with Gasteiger partial charge in [0.05, 0.1) is 0 Å². The van der Waals surface area contributed by atoms with Gasteiger partial charge in [-0.15, -0.1) is 0 Å². The Morgan fingerprint density at radius 1 is 0.909 bits per heavy atom. The van der Waals surface area contributed by atoms with Gasteiger partial charge in [0.15, 0.2) is 0 Å². The summed E-state index contributed by atoms with van der Waals surface area (Å²) < 4.78 is 50.2. The lowest BCUT2D eigenvalue weighted by atomic mass is 10.0. The second-order valence-corrected chi connectivity index (χ2v) is 6.72. The van der Waals surface area contributed by atoms with Gasteiger partial charge in [0, 0.05) is 15.7 Å². The maximum absolute atomic E-state index is 13.7. The number of nitrogens with two attached hydrogens (primary N) is 1. The standard InChI is InChI=1S/C16H22F4IN/c17-13-11-14(21)15(22)10-12(13)8-6-4-2-1-3-5-7-9-16(18,19)20/h10-11H,1-9,22H2. The van der Waals surface area contributed by atoms with E-state index in [0.29, 0.717) is 24.1 Å². The molecule has 22 heavy (non-hydrogen) atoms. The SMILES string of the molecule is Nc1cc(CCCCCCCCCC(F)(F)F)c(F)cc1I. The monoisotopic (exact) mass is 431 g/mol. The fraction of sp³-hybridized carbons (Fsp3) is 0.625. The molecule has 1 aromatic carbocycles. The van der Waals surface area contributed by atoms with Crippen LogP contribution in [0.4, 0.5) is 23.2 Å². The van der Waals surface area contributed by atoms with Crippen molar-refractivity contribution in [3.8, 4) is 0 Å². The first-order valence-corrected chi connectivity index (χ1v) is 8.67. The summed E-state index contributed by atoms with van der Waals surface area (Å²) in [4.78, 5) is 0. The summed E-state index contributed by atoms with van der Waals surface area (Å²) in [6.07, 6.45) is 1.38. The molecule has 1 nitrogen and oxygen atoms in total. The lowest BCUT2D eigenvalue weighted by molar-refractivity contribution is -0.135. The second kappa shape index (κ2) is 9.57. The normalized spacial score (nSPS) is 11.9. The third-order valence-electron chi connectivity index (χ3n) is 3.57. The van der Waals surface area contributed by atoms with Crippen LogP contribution < -0.4 is 5.73 Å². The molecule has 0 heterocycles. The van der Waals surface area contributed by atoms with Gasteiger partial charge < -0.3 is 5.73 Å². The molecule has 0 unspecified atom stereocenters. The lowest BCUT2D eigenvalue weighted by Crippen LogP contribution is -2.06. The Bertz CT molecular complexity index is 460. The number of benzene rings is 1. The van der Waals surface area contributed by atoms with Gasteiger partial charge in [0.25, 0.3) is 0 Å². The van der Waals surface area contributed by atoms with Crippen molar-refractivity contribution >= 4 is 28.3 Å². The molecule has 0 aromatic heterocycles. The molecule has 0 amide bonds. The van der Waals surface area contributed by atoms with Crippen LogP contribution in [0.25, 0.3) is 0 Å². The molecular formula is C16H22F4IN. The van der Waals surface area contributed by atoms with Gasteiger partial charge in [-0.1, -0.05) is 32.1 Å². The predicted molar refractivity (Wildman–Crippen MR) is 90.2 cm³/mol. The zero-order chi connectivity index (χ0) is 16.6. The number of hydrogen-bond acceptors (Lipinski definition) is 1. The maximum atomic E-state index is 13.7. The Hall–Kier alpha value is -0.530. The highest BCUT2D eigenvalue weighted by Gasteiger charge is 2.25. The van der Waals surface area contributed by atoms with Crippen molar-refractivity contribution < 1.29 is 17.6 Å². The van der Waals surface area contributed by atoms with Gasteiger partial charge in [-0.05, 0) is 59.5 Å². The third kappa shape index (κ3) is 8.19. The zero-order valence-electron chi connectivity index (χ0n) is 12.5. The average molecular weight is 431 g/mol. The minimum atomic E-state index is -4.03. The van der Waals surface area contributed by atoms with Crippen LogP contribution in [0.2, 0.25) is 0 Å². The molecule has 1 aromatic rings. The number of hydrogen-bond donors (Lipinski definition) is 1. The van der Waals surface area contributed by atoms with E-state index in [-0.39, 0.29) is 12.2 Å². The number of nitrogen functional groups attached to an aromatic ring is 1. The molecule has 0 aliphatic heterocycles. The average Bonchev–Trinajstić information content (AvgIpc) is 2.41. The summed E-state index contributed by atoms with van der Waals surface area (Å²) in [7, 11) is 0. The first kappa shape index (κ1) is 19.5. The number of rotatable bonds is 9. The Balaban J connectivity index is 2.08. The van der Waals surface area contributed by atoms with Crippen molar-refractivity contribution in [3.63, 3.8) is 0 Å². The summed E-state index contributed by atoms with van der Waals surface area (Å²) >= 11 is 2.00. The van der Waals surface area contributed by atoms with E-state index in [0.717, 1.165) is 35.7 Å². The summed E-state index contributed by atoms with van der Waals surface area (Å²) in [6.45, 7) is 0. The summed E-state index contributed by atoms with van der Waals surface area (Å²) in [5.74, 6) is -0.217. The van der Waals surface area contributed by atoms with Crippen molar-refractivity contribution in [2.24, 2.45) is 0 Å². The van der Waals surface area contributed by atoms with Crippen LogP contribution in [-0.2, 0) is 6.42 Å². The topological polar surface area (TPSA) is 26.0 Å². The second-order valence-electron chi connectivity index (χ2n) is 5.56. The maximum Gasteiger partial charge on any atom is 0.389 e. The van der Waals surface area contributed by atoms with Crippen LogP contribution in [0.5, 0.6) is 0 Å². The van der Waals surface area contributed by atoms with Gasteiger partial charge in [-0.3, -0.25) is 0 Å². The van der Waals surface area contributed by atoms with E-state index < -0.39 is 12.6 Å². The van der Waals surface area contributed by atoms with Crippen molar-refractivity contribution in [2.75, 3.05) is 5.73 Å². The molecule has 2 N–H and O–H groups in total. The summed E-state index contributed by atoms with van der Waals surface area (Å²) in [6, 6.07) is 3.14. The summed E-state index contributed by atoms with van der Waals surface area (Å²) in [5.41, 5.74) is 7.00. The highest BCUT2D eigenvalue weighted by Crippen LogP contribution is 2.24. The molecule has 0 atom stereocenters. The van der Waals surface area contributed by atoms with Crippen molar-refractivity contribution in [1.82, 2.24) is 0 Å². The molecule has 0 bridgehead atoms. The number of halogens is 5. The first-order chi connectivity index (χ1) is 10.3. The number of unbranched alkanes of at least 4 members (excludes halogenated alkanes) is 6. The van der Waals surface area contributed by atoms with Crippen molar-refractivity contribution in [1.29, 1.82) is 0 Å². The Morgan fingerprint density at radius 2 is 1.45 bits per heavy atom. The van der Waals surface area contributed by atoms with Crippen LogP contribution in [0, 0.1) is 9.39 Å². The smallest absolute Gasteiger partial charge is 0.389 e. The van der Waals surface area contributed by atoms with Crippen LogP contribution in [-0.4, -0.2) is 6.18 Å². The van der Waals surface area contributed by atoms with Gasteiger partial charge in [-0.2, -0.15) is 13.2 Å². The molecule has 0 aliphatic rings. The molecule has 0 fully saturated rings. The third-order valence-corrected chi connectivity index (χ3v) is 4.51. The highest BCUT2D eigenvalue weighted by molar-refractivity contribution is 14.1. The summed E-state index contributed by atoms with van der Waals surface area (Å²) in [5, 5.41) is 0. The molecule has 1 rings (SSSR count). The van der Waals surface area contributed by atoms with Gasteiger partial charge in [0.2, 0.25) is 0 Å². The van der Waals surface area contributed by atoms with Crippen LogP contribution in [0.15, 0.2) is 12.1 Å². The van der Waals surface area contributed by atoms with Gasteiger partial charge >= 0.3 is 6.18 Å². The van der Waals surface area contributed by atoms with Crippen molar-refractivity contribution in [2.45, 2.75) is 64.0 Å². The predicted octanol–water partition coefficient (Wildman–Crippen LogP) is 6.24. The molecule has 6 heteroatoms. The highest BCUT2D eigenvalue weighted by atomic mass is 127. The van der Waals surface area contributed by atoms with Crippen molar-refractivity contribution in [3.05, 3.63) is 27.1 Å². The van der Waals surface area contributed by atoms with Crippen LogP contribution >= 0.6 is 22.6 Å². The van der Waals surface area contributed by atoms with Crippen LogP contribution in [0.3, 0.4) is 0 Å². The van der Waals surface area contributed by atoms with Gasteiger partial charge in [-0.25, -0.2) is 4.39 Å². The lowest BCUT2D eigenvalue weighted by Gasteiger charge is -2.07. The Labute approximate surface area is 142 Å². The van der Waals surface area contributed by atoms with E-state index in [1.165, 1.54) is 6.07 Å². The fourth-order valence-electron chi connectivity index (χ4n) is 2.33. The van der Waals surface area contributed by atoms with E-state index in [9.17, 15) is 17.6 Å². The molecule has 0 spiro atoms. The molecule has 0 radical (unpaired) electrons. The fourth-order valence-corrected chi connectivity index (χ4v) is 2.76. The quantitative estimate of drug-likeness (QED) is 0.213. The molecule has 0 aliphatic carbocycles. The number of anilines is 1. The Kier molecular flexibility index (Phi) is 8.49.